The van der Waals surface area contributed by atoms with Crippen molar-refractivity contribution in [2.45, 2.75) is 64.5 Å². The van der Waals surface area contributed by atoms with Crippen LogP contribution in [0.3, 0.4) is 0 Å². The molecule has 1 aliphatic carbocycles. The lowest BCUT2D eigenvalue weighted by molar-refractivity contribution is -0.137. The molecule has 1 aliphatic heterocycles. The van der Waals surface area contributed by atoms with Gasteiger partial charge in [-0.2, -0.15) is 5.10 Å². The van der Waals surface area contributed by atoms with Gasteiger partial charge in [-0.3, -0.25) is 4.79 Å². The summed E-state index contributed by atoms with van der Waals surface area (Å²) in [5.41, 5.74) is 2.87. The lowest BCUT2D eigenvalue weighted by Gasteiger charge is -2.28. The summed E-state index contributed by atoms with van der Waals surface area (Å²) < 4.78 is 14.3. The van der Waals surface area contributed by atoms with E-state index in [-0.39, 0.29) is 17.9 Å². The van der Waals surface area contributed by atoms with Gasteiger partial charge in [0.15, 0.2) is 0 Å². The summed E-state index contributed by atoms with van der Waals surface area (Å²) in [6, 6.07) is 19.9. The van der Waals surface area contributed by atoms with E-state index in [0.717, 1.165) is 74.2 Å². The van der Waals surface area contributed by atoms with Gasteiger partial charge in [0.05, 0.1) is 29.6 Å². The summed E-state index contributed by atoms with van der Waals surface area (Å²) >= 11 is 0. The van der Waals surface area contributed by atoms with Gasteiger partial charge in [0.25, 0.3) is 0 Å². The molecule has 5 rings (SSSR count). The zero-order valence-electron chi connectivity index (χ0n) is 20.6. The fraction of sp³-hybridized carbons (Fsp3) is 0.448. The Morgan fingerprint density at radius 3 is 2.40 bits per heavy atom. The molecule has 35 heavy (non-hydrogen) atoms. The maximum Gasteiger partial charge on any atom is 0.227 e. The van der Waals surface area contributed by atoms with Crippen LogP contribution in [0.5, 0.6) is 11.6 Å². The summed E-state index contributed by atoms with van der Waals surface area (Å²) in [5.74, 6) is 1.79. The van der Waals surface area contributed by atoms with Crippen molar-refractivity contribution in [2.24, 2.45) is 5.92 Å². The largest absolute Gasteiger partial charge is 0.439 e. The third kappa shape index (κ3) is 5.43. The number of nitrogens with zero attached hydrogens (tertiary/aromatic N) is 3. The van der Waals surface area contributed by atoms with E-state index in [1.54, 1.807) is 0 Å². The van der Waals surface area contributed by atoms with Crippen molar-refractivity contribution >= 4 is 5.91 Å². The van der Waals surface area contributed by atoms with Gasteiger partial charge in [-0.25, -0.2) is 4.68 Å². The number of amides is 1. The number of para-hydroxylation sites is 2. The average Bonchev–Trinajstić information content (AvgIpc) is 3.67. The molecule has 1 saturated heterocycles. The predicted octanol–water partition coefficient (Wildman–Crippen LogP) is 5.92. The number of aromatic nitrogens is 2. The molecule has 1 unspecified atom stereocenters. The molecular weight excluding hydrogens is 438 g/mol. The number of aryl methyl sites for hydroxylation is 1. The van der Waals surface area contributed by atoms with E-state index in [1.807, 2.05) is 70.2 Å². The molecule has 6 nitrogen and oxygen atoms in total. The topological polar surface area (TPSA) is 56.6 Å². The number of ether oxygens (including phenoxy) is 2. The highest BCUT2D eigenvalue weighted by Crippen LogP contribution is 2.34. The van der Waals surface area contributed by atoms with Crippen molar-refractivity contribution in [3.63, 3.8) is 0 Å². The number of carbonyl (C=O) groups excluding carboxylic acids is 1. The molecule has 6 heteroatoms. The van der Waals surface area contributed by atoms with E-state index < -0.39 is 0 Å². The lowest BCUT2D eigenvalue weighted by atomic mass is 10.0. The zero-order chi connectivity index (χ0) is 24.0. The molecular formula is C29H35N3O3. The molecule has 0 radical (unpaired) electrons. The number of rotatable bonds is 9. The number of carbonyl (C=O) groups is 1. The van der Waals surface area contributed by atoms with Crippen LogP contribution in [0, 0.1) is 5.92 Å². The van der Waals surface area contributed by atoms with Gasteiger partial charge in [0.2, 0.25) is 11.8 Å². The lowest BCUT2D eigenvalue weighted by Crippen LogP contribution is -2.40. The fourth-order valence-electron chi connectivity index (χ4n) is 5.26. The SMILES string of the molecule is CCc1nn(-c2ccccc2)c(Oc2ccccc2)c1CN(CC1CCCO1)C(=O)C1CCCC1. The molecule has 0 N–H and O–H groups in total. The van der Waals surface area contributed by atoms with E-state index in [9.17, 15) is 4.79 Å². The first-order valence-corrected chi connectivity index (χ1v) is 13.0. The van der Waals surface area contributed by atoms with E-state index in [2.05, 4.69) is 6.92 Å². The monoisotopic (exact) mass is 473 g/mol. The maximum atomic E-state index is 13.7. The molecule has 2 heterocycles. The Hall–Kier alpha value is -3.12. The van der Waals surface area contributed by atoms with Crippen LogP contribution in [0.1, 0.15) is 56.7 Å². The summed E-state index contributed by atoms with van der Waals surface area (Å²) in [4.78, 5) is 15.7. The Morgan fingerprint density at radius 2 is 1.74 bits per heavy atom. The van der Waals surface area contributed by atoms with Crippen LogP contribution in [0.25, 0.3) is 5.69 Å². The Kier molecular flexibility index (Phi) is 7.48. The zero-order valence-corrected chi connectivity index (χ0v) is 20.6. The minimum atomic E-state index is 0.105. The van der Waals surface area contributed by atoms with Crippen LogP contribution in [0.4, 0.5) is 0 Å². The summed E-state index contributed by atoms with van der Waals surface area (Å²) in [7, 11) is 0. The first-order valence-electron chi connectivity index (χ1n) is 13.0. The Bertz CT molecular complexity index is 1100. The fourth-order valence-corrected chi connectivity index (χ4v) is 5.26. The Morgan fingerprint density at radius 1 is 1.03 bits per heavy atom. The van der Waals surface area contributed by atoms with E-state index in [0.29, 0.717) is 19.0 Å². The third-order valence-corrected chi connectivity index (χ3v) is 7.13. The van der Waals surface area contributed by atoms with Gasteiger partial charge < -0.3 is 14.4 Å². The van der Waals surface area contributed by atoms with E-state index in [4.69, 9.17) is 14.6 Å². The number of hydrogen-bond acceptors (Lipinski definition) is 4. The first-order chi connectivity index (χ1) is 17.2. The van der Waals surface area contributed by atoms with Crippen LogP contribution in [-0.2, 0) is 22.5 Å². The first kappa shape index (κ1) is 23.6. The quantitative estimate of drug-likeness (QED) is 0.387. The molecule has 0 spiro atoms. The molecule has 3 aromatic rings. The minimum absolute atomic E-state index is 0.105. The molecule has 1 saturated carbocycles. The van der Waals surface area contributed by atoms with Crippen molar-refractivity contribution in [1.29, 1.82) is 0 Å². The van der Waals surface area contributed by atoms with Crippen LogP contribution in [-0.4, -0.2) is 39.8 Å². The summed E-state index contributed by atoms with van der Waals surface area (Å²) in [6.07, 6.45) is 7.17. The molecule has 1 amide bonds. The van der Waals surface area contributed by atoms with Gasteiger partial charge in [-0.05, 0) is 56.4 Å². The molecule has 2 aromatic carbocycles. The van der Waals surface area contributed by atoms with Gasteiger partial charge in [-0.1, -0.05) is 56.2 Å². The van der Waals surface area contributed by atoms with Crippen LogP contribution in [0.2, 0.25) is 0 Å². The standard InChI is InChI=1S/C29H35N3O3/c1-2-27-26(21-31(20-25-18-11-19-34-25)28(33)22-12-9-10-13-22)29(35-24-16-7-4-8-17-24)32(30-27)23-14-5-3-6-15-23/h3-8,14-17,22,25H,2,9-13,18-21H2,1H3. The van der Waals surface area contributed by atoms with E-state index >= 15 is 0 Å². The number of benzene rings is 2. The van der Waals surface area contributed by atoms with Gasteiger partial charge in [0.1, 0.15) is 5.75 Å². The second-order valence-corrected chi connectivity index (χ2v) is 9.58. The van der Waals surface area contributed by atoms with Crippen molar-refractivity contribution in [2.75, 3.05) is 13.2 Å². The minimum Gasteiger partial charge on any atom is -0.439 e. The molecule has 0 bridgehead atoms. The smallest absolute Gasteiger partial charge is 0.227 e. The molecule has 2 fully saturated rings. The van der Waals surface area contributed by atoms with Crippen LogP contribution >= 0.6 is 0 Å². The van der Waals surface area contributed by atoms with Crippen molar-refractivity contribution in [3.8, 4) is 17.3 Å². The highest BCUT2D eigenvalue weighted by molar-refractivity contribution is 5.79. The summed E-state index contributed by atoms with van der Waals surface area (Å²) in [5, 5.41) is 4.96. The van der Waals surface area contributed by atoms with Crippen molar-refractivity contribution in [1.82, 2.24) is 14.7 Å². The van der Waals surface area contributed by atoms with Crippen molar-refractivity contribution < 1.29 is 14.3 Å². The van der Waals surface area contributed by atoms with Crippen LogP contribution in [0.15, 0.2) is 60.7 Å². The van der Waals surface area contributed by atoms with E-state index in [1.165, 1.54) is 0 Å². The molecule has 184 valence electrons. The van der Waals surface area contributed by atoms with Gasteiger partial charge in [-0.15, -0.1) is 0 Å². The maximum absolute atomic E-state index is 13.7. The predicted molar refractivity (Wildman–Crippen MR) is 136 cm³/mol. The highest BCUT2D eigenvalue weighted by Gasteiger charge is 2.32. The van der Waals surface area contributed by atoms with Gasteiger partial charge >= 0.3 is 0 Å². The molecule has 1 atom stereocenters. The number of hydrogen-bond donors (Lipinski definition) is 0. The second kappa shape index (κ2) is 11.1. The summed E-state index contributed by atoms with van der Waals surface area (Å²) in [6.45, 7) is 3.99. The molecule has 2 aliphatic rings. The normalized spacial score (nSPS) is 18.1. The second-order valence-electron chi connectivity index (χ2n) is 9.58. The highest BCUT2D eigenvalue weighted by atomic mass is 16.5. The average molecular weight is 474 g/mol. The Balaban J connectivity index is 1.53. The van der Waals surface area contributed by atoms with Gasteiger partial charge in [0, 0.05) is 19.1 Å². The van der Waals surface area contributed by atoms with Crippen LogP contribution < -0.4 is 4.74 Å². The Labute approximate surface area is 207 Å². The van der Waals surface area contributed by atoms with Crippen molar-refractivity contribution in [3.05, 3.63) is 71.9 Å². The molecule has 1 aromatic heterocycles. The third-order valence-electron chi connectivity index (χ3n) is 7.13.